The quantitative estimate of drug-likeness (QED) is 0.887. The Morgan fingerprint density at radius 2 is 1.78 bits per heavy atom. The lowest BCUT2D eigenvalue weighted by Gasteiger charge is -2.27. The van der Waals surface area contributed by atoms with Gasteiger partial charge in [-0.15, -0.1) is 0 Å². The van der Waals surface area contributed by atoms with Crippen LogP contribution in [0.25, 0.3) is 0 Å². The molecule has 23 heavy (non-hydrogen) atoms. The van der Waals surface area contributed by atoms with Crippen molar-refractivity contribution < 1.29 is 4.74 Å². The van der Waals surface area contributed by atoms with E-state index >= 15 is 0 Å². The number of hydrogen-bond acceptors (Lipinski definition) is 3. The molecule has 1 aliphatic rings. The third kappa shape index (κ3) is 3.74. The zero-order chi connectivity index (χ0) is 16.2. The topological polar surface area (TPSA) is 24.5 Å². The highest BCUT2D eigenvalue weighted by atomic mass is 16.5. The van der Waals surface area contributed by atoms with Gasteiger partial charge in [-0.05, 0) is 55.8 Å². The highest BCUT2D eigenvalue weighted by molar-refractivity contribution is 5.34. The molecule has 0 radical (unpaired) electrons. The molecular weight excluding hydrogens is 284 g/mol. The summed E-state index contributed by atoms with van der Waals surface area (Å²) in [6.07, 6.45) is 2.27. The van der Waals surface area contributed by atoms with Gasteiger partial charge < -0.3 is 15.0 Å². The van der Waals surface area contributed by atoms with Crippen LogP contribution in [0.3, 0.4) is 0 Å². The van der Waals surface area contributed by atoms with E-state index in [1.54, 1.807) is 7.11 Å². The average molecular weight is 310 g/mol. The van der Waals surface area contributed by atoms with Crippen LogP contribution in [0.15, 0.2) is 48.5 Å². The molecule has 0 saturated heterocycles. The molecule has 0 aliphatic heterocycles. The van der Waals surface area contributed by atoms with E-state index in [0.717, 1.165) is 25.1 Å². The molecule has 0 heterocycles. The molecule has 3 nitrogen and oxygen atoms in total. The molecule has 0 saturated carbocycles. The lowest BCUT2D eigenvalue weighted by Crippen LogP contribution is -2.37. The second-order valence-electron chi connectivity index (χ2n) is 6.54. The SMILES string of the molecule is COc1cccc(C(CNC2Cc3ccccc3C2)N(C)C)c1. The number of benzene rings is 2. The van der Waals surface area contributed by atoms with E-state index in [-0.39, 0.29) is 0 Å². The first-order chi connectivity index (χ1) is 11.2. The number of fused-ring (bicyclic) bond motifs is 1. The molecule has 1 N–H and O–H groups in total. The molecule has 0 spiro atoms. The predicted molar refractivity (Wildman–Crippen MR) is 95.1 cm³/mol. The minimum atomic E-state index is 0.341. The molecule has 3 heteroatoms. The standard InChI is InChI=1S/C20H26N2O/c1-22(2)20(17-9-6-10-19(13-17)23-3)14-21-18-11-15-7-4-5-8-16(15)12-18/h4-10,13,18,20-21H,11-12,14H2,1-3H3. The summed E-state index contributed by atoms with van der Waals surface area (Å²) < 4.78 is 5.37. The van der Waals surface area contributed by atoms with Gasteiger partial charge in [-0.3, -0.25) is 0 Å². The van der Waals surface area contributed by atoms with Gasteiger partial charge in [0.1, 0.15) is 5.75 Å². The number of methoxy groups -OCH3 is 1. The van der Waals surface area contributed by atoms with Crippen molar-refractivity contribution in [1.29, 1.82) is 0 Å². The molecule has 0 aromatic heterocycles. The van der Waals surface area contributed by atoms with Gasteiger partial charge in [0.15, 0.2) is 0 Å². The van der Waals surface area contributed by atoms with Crippen molar-refractivity contribution in [2.24, 2.45) is 0 Å². The molecule has 2 aromatic carbocycles. The van der Waals surface area contributed by atoms with Gasteiger partial charge in [-0.25, -0.2) is 0 Å². The van der Waals surface area contributed by atoms with Crippen molar-refractivity contribution in [2.75, 3.05) is 27.7 Å². The van der Waals surface area contributed by atoms with Crippen LogP contribution >= 0.6 is 0 Å². The second-order valence-corrected chi connectivity index (χ2v) is 6.54. The maximum absolute atomic E-state index is 5.37. The van der Waals surface area contributed by atoms with Gasteiger partial charge >= 0.3 is 0 Å². The largest absolute Gasteiger partial charge is 0.497 e. The van der Waals surface area contributed by atoms with Crippen LogP contribution in [0.4, 0.5) is 0 Å². The van der Waals surface area contributed by atoms with Crippen molar-refractivity contribution in [3.8, 4) is 5.75 Å². The minimum Gasteiger partial charge on any atom is -0.497 e. The van der Waals surface area contributed by atoms with Crippen LogP contribution in [0.2, 0.25) is 0 Å². The van der Waals surface area contributed by atoms with Gasteiger partial charge in [-0.1, -0.05) is 36.4 Å². The van der Waals surface area contributed by atoms with Gasteiger partial charge in [0.05, 0.1) is 7.11 Å². The van der Waals surface area contributed by atoms with E-state index in [1.165, 1.54) is 16.7 Å². The highest BCUT2D eigenvalue weighted by Gasteiger charge is 2.22. The zero-order valence-corrected chi connectivity index (χ0v) is 14.3. The number of nitrogens with one attached hydrogen (secondary N) is 1. The molecular formula is C20H26N2O. The Hall–Kier alpha value is -1.84. The summed E-state index contributed by atoms with van der Waals surface area (Å²) in [5, 5.41) is 3.76. The van der Waals surface area contributed by atoms with Gasteiger partial charge in [0.25, 0.3) is 0 Å². The fraction of sp³-hybridized carbons (Fsp3) is 0.400. The minimum absolute atomic E-state index is 0.341. The first kappa shape index (κ1) is 16.0. The maximum Gasteiger partial charge on any atom is 0.119 e. The molecule has 0 bridgehead atoms. The number of likely N-dealkylation sites (N-methyl/N-ethyl adjacent to an activating group) is 1. The van der Waals surface area contributed by atoms with Crippen LogP contribution in [-0.4, -0.2) is 38.7 Å². The van der Waals surface area contributed by atoms with Gasteiger partial charge in [-0.2, -0.15) is 0 Å². The number of hydrogen-bond donors (Lipinski definition) is 1. The van der Waals surface area contributed by atoms with Crippen molar-refractivity contribution in [3.63, 3.8) is 0 Å². The van der Waals surface area contributed by atoms with E-state index in [1.807, 2.05) is 6.07 Å². The predicted octanol–water partition coefficient (Wildman–Crippen LogP) is 3.05. The molecule has 3 rings (SSSR count). The highest BCUT2D eigenvalue weighted by Crippen LogP contribution is 2.25. The van der Waals surface area contributed by atoms with E-state index in [9.17, 15) is 0 Å². The third-order valence-corrected chi connectivity index (χ3v) is 4.75. The van der Waals surface area contributed by atoms with E-state index < -0.39 is 0 Å². The summed E-state index contributed by atoms with van der Waals surface area (Å²) in [6.45, 7) is 0.943. The van der Waals surface area contributed by atoms with E-state index in [4.69, 9.17) is 4.74 Å². The van der Waals surface area contributed by atoms with E-state index in [0.29, 0.717) is 12.1 Å². The average Bonchev–Trinajstić information content (AvgIpc) is 2.97. The van der Waals surface area contributed by atoms with Crippen LogP contribution in [0, 0.1) is 0 Å². The fourth-order valence-electron chi connectivity index (χ4n) is 3.43. The zero-order valence-electron chi connectivity index (χ0n) is 14.3. The summed E-state index contributed by atoms with van der Waals surface area (Å²) in [4.78, 5) is 2.27. The van der Waals surface area contributed by atoms with Gasteiger partial charge in [0, 0.05) is 18.6 Å². The Bertz CT molecular complexity index is 629. The lowest BCUT2D eigenvalue weighted by molar-refractivity contribution is 0.279. The fourth-order valence-corrected chi connectivity index (χ4v) is 3.43. The molecule has 1 aliphatic carbocycles. The number of rotatable bonds is 6. The Kier molecular flexibility index (Phi) is 4.99. The second kappa shape index (κ2) is 7.16. The number of nitrogens with zero attached hydrogens (tertiary/aromatic N) is 1. The van der Waals surface area contributed by atoms with Crippen LogP contribution < -0.4 is 10.1 Å². The summed E-state index contributed by atoms with van der Waals surface area (Å²) in [7, 11) is 5.99. The van der Waals surface area contributed by atoms with Crippen molar-refractivity contribution in [2.45, 2.75) is 24.9 Å². The molecule has 122 valence electrons. The molecule has 2 aromatic rings. The van der Waals surface area contributed by atoms with Crippen molar-refractivity contribution in [1.82, 2.24) is 10.2 Å². The Balaban J connectivity index is 1.65. The third-order valence-electron chi connectivity index (χ3n) is 4.75. The summed E-state index contributed by atoms with van der Waals surface area (Å²) >= 11 is 0. The van der Waals surface area contributed by atoms with Gasteiger partial charge in [0.2, 0.25) is 0 Å². The van der Waals surface area contributed by atoms with Crippen LogP contribution in [0.5, 0.6) is 5.75 Å². The lowest BCUT2D eigenvalue weighted by atomic mass is 10.0. The smallest absolute Gasteiger partial charge is 0.119 e. The Labute approximate surface area is 139 Å². The van der Waals surface area contributed by atoms with Crippen LogP contribution in [-0.2, 0) is 12.8 Å². The molecule has 0 fully saturated rings. The summed E-state index contributed by atoms with van der Waals surface area (Å²) in [5.74, 6) is 0.919. The monoisotopic (exact) mass is 310 g/mol. The number of ether oxygens (including phenoxy) is 1. The Morgan fingerprint density at radius 1 is 1.09 bits per heavy atom. The van der Waals surface area contributed by atoms with Crippen LogP contribution in [0.1, 0.15) is 22.7 Å². The summed E-state index contributed by atoms with van der Waals surface area (Å²) in [5.41, 5.74) is 4.28. The van der Waals surface area contributed by atoms with Crippen molar-refractivity contribution in [3.05, 3.63) is 65.2 Å². The summed E-state index contributed by atoms with van der Waals surface area (Å²) in [6, 6.07) is 18.0. The van der Waals surface area contributed by atoms with E-state index in [2.05, 4.69) is 66.8 Å². The molecule has 1 atom stereocenters. The Morgan fingerprint density at radius 3 is 2.39 bits per heavy atom. The maximum atomic E-state index is 5.37. The van der Waals surface area contributed by atoms with Crippen molar-refractivity contribution >= 4 is 0 Å². The first-order valence-electron chi connectivity index (χ1n) is 8.28. The normalized spacial score (nSPS) is 15.7. The molecule has 0 amide bonds. The molecule has 1 unspecified atom stereocenters. The first-order valence-corrected chi connectivity index (χ1v) is 8.28.